The lowest BCUT2D eigenvalue weighted by Gasteiger charge is -2.30. The maximum absolute atomic E-state index is 12.8. The fraction of sp³-hybridized carbons (Fsp3) is 0.429. The number of likely N-dealkylation sites (tertiary alicyclic amines) is 1. The van der Waals surface area contributed by atoms with E-state index >= 15 is 0 Å². The number of ether oxygens (including phenoxy) is 1. The second-order valence-electron chi connectivity index (χ2n) is 7.11. The second kappa shape index (κ2) is 8.82. The van der Waals surface area contributed by atoms with Crippen LogP contribution in [-0.2, 0) is 4.74 Å². The minimum absolute atomic E-state index is 0.0576. The maximum Gasteiger partial charge on any atom is 0.338 e. The molecule has 148 valence electrons. The van der Waals surface area contributed by atoms with Gasteiger partial charge < -0.3 is 15.0 Å². The average Bonchev–Trinajstić information content (AvgIpc) is 2.67. The van der Waals surface area contributed by atoms with Crippen molar-refractivity contribution in [2.75, 3.05) is 25.0 Å². The Balaban J connectivity index is 1.74. The fourth-order valence-corrected chi connectivity index (χ4v) is 3.33. The molecule has 1 N–H and O–H groups in total. The number of hydrogen-bond acceptors (Lipinski definition) is 6. The zero-order valence-electron chi connectivity index (χ0n) is 16.6. The molecule has 7 nitrogen and oxygen atoms in total. The third kappa shape index (κ3) is 4.85. The van der Waals surface area contributed by atoms with Crippen LogP contribution in [0.15, 0.2) is 30.3 Å². The number of carbonyl (C=O) groups excluding carboxylic acids is 2. The molecule has 0 saturated carbocycles. The summed E-state index contributed by atoms with van der Waals surface area (Å²) in [6.45, 7) is 7.58. The van der Waals surface area contributed by atoms with Gasteiger partial charge in [0, 0.05) is 24.8 Å². The molecule has 1 aromatic carbocycles. The van der Waals surface area contributed by atoms with Crippen molar-refractivity contribution >= 4 is 23.4 Å². The van der Waals surface area contributed by atoms with Crippen LogP contribution in [0.3, 0.4) is 0 Å². The van der Waals surface area contributed by atoms with Crippen molar-refractivity contribution in [3.8, 4) is 0 Å². The van der Waals surface area contributed by atoms with E-state index in [1.165, 1.54) is 0 Å². The summed E-state index contributed by atoms with van der Waals surface area (Å²) in [5.41, 5.74) is 1.64. The molecule has 0 bridgehead atoms. The summed E-state index contributed by atoms with van der Waals surface area (Å²) in [7, 11) is 0. The Labute approximate surface area is 165 Å². The smallest absolute Gasteiger partial charge is 0.338 e. The molecule has 1 saturated heterocycles. The van der Waals surface area contributed by atoms with E-state index in [1.807, 2.05) is 4.90 Å². The number of nitrogens with one attached hydrogen (secondary N) is 1. The molecule has 1 aliphatic rings. The number of aromatic nitrogens is 2. The van der Waals surface area contributed by atoms with Crippen molar-refractivity contribution in [2.24, 2.45) is 5.92 Å². The summed E-state index contributed by atoms with van der Waals surface area (Å²) in [5, 5.41) is 3.18. The molecule has 1 fully saturated rings. The first-order valence-corrected chi connectivity index (χ1v) is 9.65. The third-order valence-electron chi connectivity index (χ3n) is 4.67. The van der Waals surface area contributed by atoms with E-state index in [2.05, 4.69) is 22.2 Å². The highest BCUT2D eigenvalue weighted by Crippen LogP contribution is 2.20. The lowest BCUT2D eigenvalue weighted by atomic mass is 10.00. The molecule has 1 aliphatic heterocycles. The number of carbonyl (C=O) groups is 2. The van der Waals surface area contributed by atoms with Gasteiger partial charge in [-0.15, -0.1) is 0 Å². The largest absolute Gasteiger partial charge is 0.462 e. The average molecular weight is 382 g/mol. The van der Waals surface area contributed by atoms with Crippen LogP contribution in [0, 0.1) is 12.8 Å². The normalized spacial score (nSPS) is 16.5. The first-order chi connectivity index (χ1) is 13.5. The van der Waals surface area contributed by atoms with Crippen molar-refractivity contribution < 1.29 is 14.3 Å². The fourth-order valence-electron chi connectivity index (χ4n) is 3.33. The number of anilines is 2. The highest BCUT2D eigenvalue weighted by molar-refractivity contribution is 5.93. The van der Waals surface area contributed by atoms with Crippen LogP contribution in [0.25, 0.3) is 0 Å². The van der Waals surface area contributed by atoms with E-state index in [0.717, 1.165) is 31.6 Å². The number of benzene rings is 1. The molecule has 7 heteroatoms. The summed E-state index contributed by atoms with van der Waals surface area (Å²) >= 11 is 0. The van der Waals surface area contributed by atoms with Crippen LogP contribution in [0.4, 0.5) is 11.5 Å². The van der Waals surface area contributed by atoms with Crippen LogP contribution in [-0.4, -0.2) is 46.4 Å². The monoisotopic (exact) mass is 382 g/mol. The lowest BCUT2D eigenvalue weighted by Crippen LogP contribution is -2.39. The topological polar surface area (TPSA) is 84.4 Å². The van der Waals surface area contributed by atoms with E-state index in [0.29, 0.717) is 35.4 Å². The van der Waals surface area contributed by atoms with Gasteiger partial charge in [0.1, 0.15) is 17.3 Å². The summed E-state index contributed by atoms with van der Waals surface area (Å²) in [5.74, 6) is 1.18. The predicted molar refractivity (Wildman–Crippen MR) is 107 cm³/mol. The summed E-state index contributed by atoms with van der Waals surface area (Å²) in [6, 6.07) is 8.61. The van der Waals surface area contributed by atoms with Crippen molar-refractivity contribution in [2.45, 2.75) is 33.6 Å². The van der Waals surface area contributed by atoms with Crippen molar-refractivity contribution in [3.63, 3.8) is 0 Å². The van der Waals surface area contributed by atoms with Gasteiger partial charge in [-0.25, -0.2) is 14.8 Å². The third-order valence-corrected chi connectivity index (χ3v) is 4.67. The molecule has 0 aliphatic carbocycles. The van der Waals surface area contributed by atoms with Crippen LogP contribution in [0.2, 0.25) is 0 Å². The molecule has 1 unspecified atom stereocenters. The Morgan fingerprint density at radius 3 is 2.68 bits per heavy atom. The van der Waals surface area contributed by atoms with E-state index in [-0.39, 0.29) is 11.9 Å². The maximum atomic E-state index is 12.8. The summed E-state index contributed by atoms with van der Waals surface area (Å²) < 4.78 is 4.99. The van der Waals surface area contributed by atoms with E-state index in [4.69, 9.17) is 4.74 Å². The Kier molecular flexibility index (Phi) is 6.23. The zero-order chi connectivity index (χ0) is 20.1. The molecule has 1 amide bonds. The molecular formula is C21H26N4O3. The first-order valence-electron chi connectivity index (χ1n) is 9.65. The molecule has 1 atom stereocenters. The van der Waals surface area contributed by atoms with Gasteiger partial charge in [0.05, 0.1) is 12.2 Å². The van der Waals surface area contributed by atoms with Gasteiger partial charge in [0.15, 0.2) is 0 Å². The predicted octanol–water partition coefficient (Wildman–Crippen LogP) is 3.58. The quantitative estimate of drug-likeness (QED) is 0.796. The number of aryl methyl sites for hydroxylation is 1. The molecule has 2 heterocycles. The molecule has 2 aromatic rings. The standard InChI is InChI=1S/C21H26N4O3/c1-4-28-21(27)16-7-9-17(10-8-16)24-19-12-18(22-15(3)23-19)20(26)25-11-5-6-14(2)13-25/h7-10,12,14H,4-6,11,13H2,1-3H3,(H,22,23,24). The number of nitrogens with zero attached hydrogens (tertiary/aromatic N) is 3. The van der Waals surface area contributed by atoms with E-state index in [9.17, 15) is 9.59 Å². The summed E-state index contributed by atoms with van der Waals surface area (Å²) in [4.78, 5) is 35.2. The van der Waals surface area contributed by atoms with E-state index in [1.54, 1.807) is 44.2 Å². The Morgan fingerprint density at radius 1 is 1.25 bits per heavy atom. The highest BCUT2D eigenvalue weighted by atomic mass is 16.5. The molecule has 28 heavy (non-hydrogen) atoms. The van der Waals surface area contributed by atoms with Crippen LogP contribution in [0.1, 0.15) is 53.4 Å². The second-order valence-corrected chi connectivity index (χ2v) is 7.11. The van der Waals surface area contributed by atoms with Crippen LogP contribution < -0.4 is 5.32 Å². The number of rotatable bonds is 5. The number of esters is 1. The summed E-state index contributed by atoms with van der Waals surface area (Å²) in [6.07, 6.45) is 2.18. The van der Waals surface area contributed by atoms with Gasteiger partial charge in [0.2, 0.25) is 0 Å². The lowest BCUT2D eigenvalue weighted by molar-refractivity contribution is 0.0526. The number of piperidine rings is 1. The zero-order valence-corrected chi connectivity index (χ0v) is 16.6. The SMILES string of the molecule is CCOC(=O)c1ccc(Nc2cc(C(=O)N3CCCC(C)C3)nc(C)n2)cc1. The molecular weight excluding hydrogens is 356 g/mol. The number of hydrogen-bond donors (Lipinski definition) is 1. The Bertz CT molecular complexity index is 851. The highest BCUT2D eigenvalue weighted by Gasteiger charge is 2.23. The van der Waals surface area contributed by atoms with Gasteiger partial charge >= 0.3 is 5.97 Å². The van der Waals surface area contributed by atoms with Gasteiger partial charge in [-0.05, 0) is 56.9 Å². The first kappa shape index (κ1) is 19.8. The molecule has 1 aromatic heterocycles. The molecule has 3 rings (SSSR count). The Hall–Kier alpha value is -2.96. The molecule has 0 radical (unpaired) electrons. The van der Waals surface area contributed by atoms with Crippen molar-refractivity contribution in [1.29, 1.82) is 0 Å². The minimum atomic E-state index is -0.351. The van der Waals surface area contributed by atoms with Crippen molar-refractivity contribution in [1.82, 2.24) is 14.9 Å². The van der Waals surface area contributed by atoms with Crippen LogP contribution in [0.5, 0.6) is 0 Å². The van der Waals surface area contributed by atoms with Gasteiger partial charge in [-0.3, -0.25) is 4.79 Å². The minimum Gasteiger partial charge on any atom is -0.462 e. The van der Waals surface area contributed by atoms with Crippen molar-refractivity contribution in [3.05, 3.63) is 47.4 Å². The Morgan fingerprint density at radius 2 is 2.00 bits per heavy atom. The van der Waals surface area contributed by atoms with Gasteiger partial charge in [-0.1, -0.05) is 6.92 Å². The molecule has 0 spiro atoms. The van der Waals surface area contributed by atoms with Gasteiger partial charge in [0.25, 0.3) is 5.91 Å². The number of amides is 1. The van der Waals surface area contributed by atoms with Crippen LogP contribution >= 0.6 is 0 Å². The van der Waals surface area contributed by atoms with Gasteiger partial charge in [-0.2, -0.15) is 0 Å². The van der Waals surface area contributed by atoms with E-state index < -0.39 is 0 Å².